The minimum atomic E-state index is 0.0239. The van der Waals surface area contributed by atoms with Crippen LogP contribution in [-0.4, -0.2) is 55.7 Å². The number of aryl methyl sites for hydroxylation is 2. The molecule has 1 aliphatic heterocycles. The summed E-state index contributed by atoms with van der Waals surface area (Å²) in [5.74, 6) is 0.0544. The van der Waals surface area contributed by atoms with Crippen molar-refractivity contribution in [3.63, 3.8) is 0 Å². The van der Waals surface area contributed by atoms with Crippen molar-refractivity contribution in [1.29, 1.82) is 0 Å². The first kappa shape index (κ1) is 22.1. The molecule has 1 fully saturated rings. The predicted molar refractivity (Wildman–Crippen MR) is 124 cm³/mol. The van der Waals surface area contributed by atoms with Gasteiger partial charge in [0.2, 0.25) is 5.91 Å². The van der Waals surface area contributed by atoms with Crippen LogP contribution in [0.4, 0.5) is 5.69 Å². The Kier molecular flexibility index (Phi) is 7.71. The van der Waals surface area contributed by atoms with Crippen molar-refractivity contribution in [2.45, 2.75) is 18.7 Å². The lowest BCUT2D eigenvalue weighted by Crippen LogP contribution is -3.15. The number of nitrogens with zero attached hydrogens (tertiary/aromatic N) is 1. The number of amides is 2. The predicted octanol–water partition coefficient (Wildman–Crippen LogP) is 2.40. The number of hydrogen-bond acceptors (Lipinski definition) is 3. The lowest BCUT2D eigenvalue weighted by atomic mass is 10.1. The molecule has 2 aromatic carbocycles. The summed E-state index contributed by atoms with van der Waals surface area (Å²) in [5.41, 5.74) is 4.08. The van der Waals surface area contributed by atoms with Gasteiger partial charge in [0, 0.05) is 16.7 Å². The van der Waals surface area contributed by atoms with Gasteiger partial charge in [-0.3, -0.25) is 9.59 Å². The lowest BCUT2D eigenvalue weighted by molar-refractivity contribution is -0.895. The van der Waals surface area contributed by atoms with Crippen molar-refractivity contribution in [2.75, 3.05) is 44.3 Å². The molecule has 5 nitrogen and oxygen atoms in total. The molecule has 0 spiro atoms. The number of quaternary nitrogens is 1. The highest BCUT2D eigenvalue weighted by Gasteiger charge is 2.24. The van der Waals surface area contributed by atoms with Crippen LogP contribution in [0.5, 0.6) is 0 Å². The first-order chi connectivity index (χ1) is 14.5. The van der Waals surface area contributed by atoms with Gasteiger partial charge in [-0.25, -0.2) is 0 Å². The van der Waals surface area contributed by atoms with Crippen molar-refractivity contribution < 1.29 is 14.5 Å². The number of thioether (sulfide) groups is 1. The van der Waals surface area contributed by atoms with Crippen LogP contribution in [0.25, 0.3) is 6.08 Å². The minimum Gasteiger partial charge on any atom is -0.328 e. The molecule has 0 unspecified atom stereocenters. The number of benzene rings is 2. The summed E-state index contributed by atoms with van der Waals surface area (Å²) in [6.07, 6.45) is 5.56. The number of piperazine rings is 1. The Bertz CT molecular complexity index is 896. The van der Waals surface area contributed by atoms with Crippen molar-refractivity contribution in [2.24, 2.45) is 0 Å². The molecule has 0 aromatic heterocycles. The van der Waals surface area contributed by atoms with Crippen LogP contribution in [-0.2, 0) is 9.59 Å². The van der Waals surface area contributed by atoms with E-state index in [1.54, 1.807) is 17.8 Å². The van der Waals surface area contributed by atoms with E-state index in [1.807, 2.05) is 61.4 Å². The Morgan fingerprint density at radius 1 is 1.07 bits per heavy atom. The van der Waals surface area contributed by atoms with E-state index in [-0.39, 0.29) is 11.8 Å². The van der Waals surface area contributed by atoms with Crippen LogP contribution in [0.2, 0.25) is 0 Å². The average molecular weight is 425 g/mol. The van der Waals surface area contributed by atoms with E-state index in [1.165, 1.54) is 9.80 Å². The van der Waals surface area contributed by atoms with Crippen molar-refractivity contribution >= 4 is 35.3 Å². The number of carbonyl (C=O) groups excluding carboxylic acids is 2. The van der Waals surface area contributed by atoms with Crippen LogP contribution >= 0.6 is 11.8 Å². The topological polar surface area (TPSA) is 53.9 Å². The molecule has 2 N–H and O–H groups in total. The normalized spacial score (nSPS) is 14.8. The molecule has 1 heterocycles. The Labute approximate surface area is 183 Å². The number of para-hydroxylation sites is 1. The maximum absolute atomic E-state index is 12.5. The monoisotopic (exact) mass is 424 g/mol. The van der Waals surface area contributed by atoms with E-state index in [0.717, 1.165) is 35.5 Å². The molecular weight excluding hydrogens is 394 g/mol. The second kappa shape index (κ2) is 10.5. The van der Waals surface area contributed by atoms with Gasteiger partial charge in [0.05, 0.1) is 26.2 Å². The fourth-order valence-corrected chi connectivity index (χ4v) is 4.04. The van der Waals surface area contributed by atoms with Gasteiger partial charge >= 0.3 is 0 Å². The SMILES string of the molecule is CSc1ccc(/C=C/C(=O)N2CC[NH+](CC(=O)Nc3c(C)cccc3C)CC2)cc1. The Morgan fingerprint density at radius 3 is 2.30 bits per heavy atom. The van der Waals surface area contributed by atoms with Gasteiger partial charge in [-0.05, 0) is 55.0 Å². The van der Waals surface area contributed by atoms with E-state index in [9.17, 15) is 9.59 Å². The summed E-state index contributed by atoms with van der Waals surface area (Å²) in [6.45, 7) is 7.33. The minimum absolute atomic E-state index is 0.0239. The van der Waals surface area contributed by atoms with Gasteiger partial charge in [0.1, 0.15) is 0 Å². The first-order valence-corrected chi connectivity index (χ1v) is 11.5. The van der Waals surface area contributed by atoms with Crippen LogP contribution in [0, 0.1) is 13.8 Å². The highest BCUT2D eigenvalue weighted by Crippen LogP contribution is 2.19. The third kappa shape index (κ3) is 5.97. The zero-order chi connectivity index (χ0) is 21.5. The number of hydrogen-bond donors (Lipinski definition) is 2. The smallest absolute Gasteiger partial charge is 0.279 e. The molecule has 2 aromatic rings. The van der Waals surface area contributed by atoms with Crippen molar-refractivity contribution in [3.8, 4) is 0 Å². The molecule has 0 radical (unpaired) electrons. The van der Waals surface area contributed by atoms with Crippen LogP contribution < -0.4 is 10.2 Å². The number of carbonyl (C=O) groups is 2. The Balaban J connectivity index is 1.46. The summed E-state index contributed by atoms with van der Waals surface area (Å²) in [7, 11) is 0. The van der Waals surface area contributed by atoms with E-state index < -0.39 is 0 Å². The molecule has 2 amide bonds. The highest BCUT2D eigenvalue weighted by atomic mass is 32.2. The lowest BCUT2D eigenvalue weighted by Gasteiger charge is -2.31. The summed E-state index contributed by atoms with van der Waals surface area (Å²) < 4.78 is 0. The highest BCUT2D eigenvalue weighted by molar-refractivity contribution is 7.98. The van der Waals surface area contributed by atoms with Crippen molar-refractivity contribution in [1.82, 2.24) is 4.90 Å². The molecule has 1 aliphatic rings. The largest absolute Gasteiger partial charge is 0.328 e. The van der Waals surface area contributed by atoms with E-state index in [0.29, 0.717) is 19.6 Å². The van der Waals surface area contributed by atoms with Gasteiger partial charge in [-0.2, -0.15) is 0 Å². The van der Waals surface area contributed by atoms with Crippen LogP contribution in [0.1, 0.15) is 16.7 Å². The number of rotatable bonds is 6. The molecule has 1 saturated heterocycles. The molecular formula is C24H30N3O2S+. The zero-order valence-electron chi connectivity index (χ0n) is 17.9. The quantitative estimate of drug-likeness (QED) is 0.553. The fraction of sp³-hybridized carbons (Fsp3) is 0.333. The standard InChI is InChI=1S/C24H29N3O2S/c1-18-5-4-6-19(2)24(18)25-22(28)17-26-13-15-27(16-14-26)23(29)12-9-20-7-10-21(30-3)11-8-20/h4-12H,13-17H2,1-3H3,(H,25,28)/p+1/b12-9+. The summed E-state index contributed by atoms with van der Waals surface area (Å²) in [6, 6.07) is 14.2. The number of nitrogens with one attached hydrogen (secondary N) is 2. The van der Waals surface area contributed by atoms with Gasteiger partial charge in [-0.15, -0.1) is 11.8 Å². The van der Waals surface area contributed by atoms with E-state index in [4.69, 9.17) is 0 Å². The van der Waals surface area contributed by atoms with E-state index >= 15 is 0 Å². The van der Waals surface area contributed by atoms with Crippen molar-refractivity contribution in [3.05, 3.63) is 65.2 Å². The molecule has 158 valence electrons. The third-order valence-electron chi connectivity index (χ3n) is 5.47. The van der Waals surface area contributed by atoms with E-state index in [2.05, 4.69) is 17.4 Å². The van der Waals surface area contributed by atoms with Gasteiger partial charge in [0.25, 0.3) is 5.91 Å². The molecule has 30 heavy (non-hydrogen) atoms. The first-order valence-electron chi connectivity index (χ1n) is 10.3. The second-order valence-corrected chi connectivity index (χ2v) is 8.55. The van der Waals surface area contributed by atoms with Gasteiger partial charge in [-0.1, -0.05) is 30.3 Å². The fourth-order valence-electron chi connectivity index (χ4n) is 3.63. The molecule has 0 aliphatic carbocycles. The summed E-state index contributed by atoms with van der Waals surface area (Å²) in [5, 5.41) is 3.05. The Hall–Kier alpha value is -2.57. The molecule has 0 saturated carbocycles. The number of anilines is 1. The van der Waals surface area contributed by atoms with Crippen LogP contribution in [0.3, 0.4) is 0 Å². The molecule has 3 rings (SSSR count). The zero-order valence-corrected chi connectivity index (χ0v) is 18.7. The molecule has 6 heteroatoms. The van der Waals surface area contributed by atoms with Gasteiger partial charge in [0.15, 0.2) is 6.54 Å². The maximum Gasteiger partial charge on any atom is 0.279 e. The summed E-state index contributed by atoms with van der Waals surface area (Å²) in [4.78, 5) is 29.2. The van der Waals surface area contributed by atoms with Gasteiger partial charge < -0.3 is 15.1 Å². The third-order valence-corrected chi connectivity index (χ3v) is 6.22. The molecule has 0 atom stereocenters. The maximum atomic E-state index is 12.5. The Morgan fingerprint density at radius 2 is 1.70 bits per heavy atom. The average Bonchev–Trinajstić information content (AvgIpc) is 2.75. The second-order valence-electron chi connectivity index (χ2n) is 7.67. The molecule has 0 bridgehead atoms. The summed E-state index contributed by atoms with van der Waals surface area (Å²) >= 11 is 1.70. The van der Waals surface area contributed by atoms with Crippen LogP contribution in [0.15, 0.2) is 53.4 Å².